The van der Waals surface area contributed by atoms with Gasteiger partial charge in [0.1, 0.15) is 0 Å². The van der Waals surface area contributed by atoms with Crippen LogP contribution < -0.4 is 9.47 Å². The van der Waals surface area contributed by atoms with E-state index in [1.165, 1.54) is 0 Å². The molecule has 0 aliphatic rings. The maximum atomic E-state index is 9.13. The number of nitrogens with zero attached hydrogens (tertiary/aromatic N) is 1. The molecular formula is C14H18BrNO3. The normalized spacial score (nSPS) is 10.9. The van der Waals surface area contributed by atoms with Crippen molar-refractivity contribution < 1.29 is 14.6 Å². The highest BCUT2D eigenvalue weighted by molar-refractivity contribution is 9.10. The number of halogens is 1. The van der Waals surface area contributed by atoms with Crippen molar-refractivity contribution in [3.8, 4) is 17.6 Å². The van der Waals surface area contributed by atoms with E-state index in [1.807, 2.05) is 13.8 Å². The zero-order valence-corrected chi connectivity index (χ0v) is 13.0. The zero-order valence-electron chi connectivity index (χ0n) is 11.4. The molecule has 0 heterocycles. The average molecular weight is 328 g/mol. The highest BCUT2D eigenvalue weighted by Crippen LogP contribution is 2.37. The molecule has 0 saturated carbocycles. The van der Waals surface area contributed by atoms with Crippen molar-refractivity contribution >= 4 is 15.9 Å². The molecule has 5 heteroatoms. The molecule has 0 aliphatic heterocycles. The number of nitriles is 1. The molecule has 0 bridgehead atoms. The largest absolute Gasteiger partial charge is 0.493 e. The van der Waals surface area contributed by atoms with Crippen LogP contribution in [0.1, 0.15) is 25.8 Å². The molecule has 0 aromatic heterocycles. The number of hydrogen-bond acceptors (Lipinski definition) is 4. The Morgan fingerprint density at radius 1 is 1.42 bits per heavy atom. The van der Waals surface area contributed by atoms with Crippen LogP contribution in [-0.2, 0) is 6.61 Å². The summed E-state index contributed by atoms with van der Waals surface area (Å²) in [5.74, 6) is 1.15. The highest BCUT2D eigenvalue weighted by Gasteiger charge is 2.18. The number of rotatable bonds is 6. The third-order valence-corrected chi connectivity index (χ3v) is 3.34. The number of benzene rings is 1. The lowest BCUT2D eigenvalue weighted by atomic mass is 9.92. The van der Waals surface area contributed by atoms with Gasteiger partial charge in [-0.05, 0) is 53.9 Å². The van der Waals surface area contributed by atoms with Gasteiger partial charge in [-0.1, -0.05) is 0 Å². The molecule has 0 amide bonds. The SMILES string of the molecule is COc1cc(CO)cc(Br)c1OCCC(C)(C)C#N. The summed E-state index contributed by atoms with van der Waals surface area (Å²) >= 11 is 3.40. The van der Waals surface area contributed by atoms with Crippen molar-refractivity contribution in [1.29, 1.82) is 5.26 Å². The van der Waals surface area contributed by atoms with E-state index in [2.05, 4.69) is 22.0 Å². The third kappa shape index (κ3) is 4.41. The quantitative estimate of drug-likeness (QED) is 0.870. The predicted octanol–water partition coefficient (Wildman–Crippen LogP) is 3.27. The average Bonchev–Trinajstić information content (AvgIpc) is 2.39. The maximum Gasteiger partial charge on any atom is 0.175 e. The van der Waals surface area contributed by atoms with Gasteiger partial charge in [-0.2, -0.15) is 5.26 Å². The van der Waals surface area contributed by atoms with Gasteiger partial charge in [0, 0.05) is 0 Å². The molecule has 0 fully saturated rings. The minimum atomic E-state index is -0.412. The number of methoxy groups -OCH3 is 1. The van der Waals surface area contributed by atoms with E-state index in [0.29, 0.717) is 24.5 Å². The van der Waals surface area contributed by atoms with Gasteiger partial charge in [-0.25, -0.2) is 0 Å². The summed E-state index contributed by atoms with van der Waals surface area (Å²) in [7, 11) is 1.55. The Morgan fingerprint density at radius 3 is 2.63 bits per heavy atom. The van der Waals surface area contributed by atoms with Gasteiger partial charge in [0.2, 0.25) is 0 Å². The minimum Gasteiger partial charge on any atom is -0.493 e. The van der Waals surface area contributed by atoms with Crippen LogP contribution in [0.15, 0.2) is 16.6 Å². The van der Waals surface area contributed by atoms with Gasteiger partial charge in [-0.3, -0.25) is 0 Å². The van der Waals surface area contributed by atoms with Crippen LogP contribution in [0.4, 0.5) is 0 Å². The van der Waals surface area contributed by atoms with Crippen LogP contribution in [0.2, 0.25) is 0 Å². The lowest BCUT2D eigenvalue weighted by molar-refractivity contribution is 0.249. The predicted molar refractivity (Wildman–Crippen MR) is 76.1 cm³/mol. The molecule has 4 nitrogen and oxygen atoms in total. The summed E-state index contributed by atoms with van der Waals surface area (Å²) in [6, 6.07) is 5.75. The third-order valence-electron chi connectivity index (χ3n) is 2.75. The van der Waals surface area contributed by atoms with E-state index in [1.54, 1.807) is 19.2 Å². The van der Waals surface area contributed by atoms with Gasteiger partial charge < -0.3 is 14.6 Å². The van der Waals surface area contributed by atoms with Gasteiger partial charge in [0.05, 0.1) is 36.3 Å². The van der Waals surface area contributed by atoms with E-state index >= 15 is 0 Å². The number of aliphatic hydroxyl groups is 1. The Morgan fingerprint density at radius 2 is 2.11 bits per heavy atom. The van der Waals surface area contributed by atoms with Crippen molar-refractivity contribution in [3.63, 3.8) is 0 Å². The Bertz CT molecular complexity index is 480. The topological polar surface area (TPSA) is 62.5 Å². The fourth-order valence-electron chi connectivity index (χ4n) is 1.47. The summed E-state index contributed by atoms with van der Waals surface area (Å²) in [6.45, 7) is 4.11. The smallest absolute Gasteiger partial charge is 0.175 e. The molecule has 0 spiro atoms. The van der Waals surface area contributed by atoms with E-state index in [9.17, 15) is 0 Å². The lowest BCUT2D eigenvalue weighted by Crippen LogP contribution is -2.13. The van der Waals surface area contributed by atoms with Crippen molar-refractivity contribution in [2.45, 2.75) is 26.9 Å². The minimum absolute atomic E-state index is 0.0588. The lowest BCUT2D eigenvalue weighted by Gasteiger charge is -2.17. The molecule has 1 aromatic rings. The number of hydrogen-bond donors (Lipinski definition) is 1. The van der Waals surface area contributed by atoms with Crippen molar-refractivity contribution in [1.82, 2.24) is 0 Å². The summed E-state index contributed by atoms with van der Waals surface area (Å²) < 4.78 is 11.7. The molecule has 0 unspecified atom stereocenters. The first-order chi connectivity index (χ1) is 8.93. The summed E-state index contributed by atoms with van der Waals surface area (Å²) in [4.78, 5) is 0. The van der Waals surface area contributed by atoms with Crippen LogP contribution >= 0.6 is 15.9 Å². The van der Waals surface area contributed by atoms with Gasteiger partial charge in [0.15, 0.2) is 11.5 Å². The molecule has 1 N–H and O–H groups in total. The second kappa shape index (κ2) is 6.78. The van der Waals surface area contributed by atoms with E-state index in [0.717, 1.165) is 10.0 Å². The Hall–Kier alpha value is -1.25. The molecule has 0 atom stereocenters. The van der Waals surface area contributed by atoms with Crippen molar-refractivity contribution in [2.75, 3.05) is 13.7 Å². The number of aliphatic hydroxyl groups excluding tert-OH is 1. The maximum absolute atomic E-state index is 9.13. The second-order valence-corrected chi connectivity index (χ2v) is 5.72. The Balaban J connectivity index is 2.81. The fraction of sp³-hybridized carbons (Fsp3) is 0.500. The molecule has 1 aromatic carbocycles. The molecule has 0 saturated heterocycles. The highest BCUT2D eigenvalue weighted by atomic mass is 79.9. The first-order valence-electron chi connectivity index (χ1n) is 5.95. The van der Waals surface area contributed by atoms with Gasteiger partial charge in [-0.15, -0.1) is 0 Å². The first-order valence-corrected chi connectivity index (χ1v) is 6.74. The van der Waals surface area contributed by atoms with E-state index in [4.69, 9.17) is 19.8 Å². The first kappa shape index (κ1) is 15.8. The van der Waals surface area contributed by atoms with Gasteiger partial charge >= 0.3 is 0 Å². The molecule has 19 heavy (non-hydrogen) atoms. The fourth-order valence-corrected chi connectivity index (χ4v) is 2.07. The van der Waals surface area contributed by atoms with E-state index in [-0.39, 0.29) is 6.61 Å². The summed E-state index contributed by atoms with van der Waals surface area (Å²) in [6.07, 6.45) is 0.626. The van der Waals surface area contributed by atoms with Crippen LogP contribution in [0.5, 0.6) is 11.5 Å². The van der Waals surface area contributed by atoms with Crippen molar-refractivity contribution in [3.05, 3.63) is 22.2 Å². The van der Waals surface area contributed by atoms with Gasteiger partial charge in [0.25, 0.3) is 0 Å². The molecule has 104 valence electrons. The monoisotopic (exact) mass is 327 g/mol. The second-order valence-electron chi connectivity index (χ2n) is 4.86. The number of ether oxygens (including phenoxy) is 2. The van der Waals surface area contributed by atoms with Crippen LogP contribution in [0, 0.1) is 16.7 Å². The molecule has 0 aliphatic carbocycles. The van der Waals surface area contributed by atoms with Crippen molar-refractivity contribution in [2.24, 2.45) is 5.41 Å². The molecular weight excluding hydrogens is 310 g/mol. The standard InChI is InChI=1S/C14H18BrNO3/c1-14(2,9-16)4-5-19-13-11(15)6-10(8-17)7-12(13)18-3/h6-7,17H,4-5,8H2,1-3H3. The van der Waals surface area contributed by atoms with Crippen LogP contribution in [0.3, 0.4) is 0 Å². The van der Waals surface area contributed by atoms with Crippen LogP contribution in [-0.4, -0.2) is 18.8 Å². The Labute approximate surface area is 122 Å². The summed E-state index contributed by atoms with van der Waals surface area (Å²) in [5.41, 5.74) is 0.332. The van der Waals surface area contributed by atoms with Crippen LogP contribution in [0.25, 0.3) is 0 Å². The molecule has 1 rings (SSSR count). The zero-order chi connectivity index (χ0) is 14.5. The molecule has 0 radical (unpaired) electrons. The summed E-state index contributed by atoms with van der Waals surface area (Å²) in [5, 5.41) is 18.1. The van der Waals surface area contributed by atoms with E-state index < -0.39 is 5.41 Å². The Kier molecular flexibility index (Phi) is 5.64.